The van der Waals surface area contributed by atoms with Gasteiger partial charge >= 0.3 is 0 Å². The first-order chi connectivity index (χ1) is 11.1. The molecule has 1 amide bonds. The standard InChI is InChI=1S/C17H15BrN2O3/c1-11-2-4-12(5-3-11)6-17(21)20-19-9-13-7-15-16(8-14(13)18)23-10-22-15/h2-5,7-9H,6,10H2,1H3,(H,20,21)/b19-9-. The lowest BCUT2D eigenvalue weighted by atomic mass is 10.1. The zero-order valence-corrected chi connectivity index (χ0v) is 14.1. The Morgan fingerprint density at radius 3 is 2.70 bits per heavy atom. The highest BCUT2D eigenvalue weighted by Crippen LogP contribution is 2.36. The van der Waals surface area contributed by atoms with E-state index in [9.17, 15) is 4.79 Å². The number of hydrogen-bond acceptors (Lipinski definition) is 4. The van der Waals surface area contributed by atoms with Gasteiger partial charge in [0.15, 0.2) is 11.5 Å². The second-order valence-electron chi connectivity index (χ2n) is 5.18. The van der Waals surface area contributed by atoms with Crippen LogP contribution in [0.4, 0.5) is 0 Å². The van der Waals surface area contributed by atoms with Gasteiger partial charge in [0.05, 0.1) is 12.6 Å². The topological polar surface area (TPSA) is 59.9 Å². The lowest BCUT2D eigenvalue weighted by Crippen LogP contribution is -2.19. The van der Waals surface area contributed by atoms with Crippen LogP contribution >= 0.6 is 15.9 Å². The molecule has 0 saturated heterocycles. The van der Waals surface area contributed by atoms with Crippen molar-refractivity contribution in [3.63, 3.8) is 0 Å². The normalized spacial score (nSPS) is 12.6. The van der Waals surface area contributed by atoms with Gasteiger partial charge in [-0.1, -0.05) is 29.8 Å². The van der Waals surface area contributed by atoms with Crippen molar-refractivity contribution in [2.24, 2.45) is 5.10 Å². The monoisotopic (exact) mass is 374 g/mol. The molecule has 0 spiro atoms. The summed E-state index contributed by atoms with van der Waals surface area (Å²) < 4.78 is 11.4. The third-order valence-corrected chi connectivity index (χ3v) is 4.06. The summed E-state index contributed by atoms with van der Waals surface area (Å²) in [6.45, 7) is 2.23. The van der Waals surface area contributed by atoms with Crippen LogP contribution in [-0.4, -0.2) is 18.9 Å². The summed E-state index contributed by atoms with van der Waals surface area (Å²) in [7, 11) is 0. The van der Waals surface area contributed by atoms with E-state index in [1.165, 1.54) is 5.56 Å². The van der Waals surface area contributed by atoms with Crippen molar-refractivity contribution >= 4 is 28.1 Å². The van der Waals surface area contributed by atoms with Gasteiger partial charge in [0.1, 0.15) is 0 Å². The van der Waals surface area contributed by atoms with E-state index in [2.05, 4.69) is 26.5 Å². The molecule has 0 radical (unpaired) electrons. The molecule has 1 aliphatic heterocycles. The molecule has 0 atom stereocenters. The van der Waals surface area contributed by atoms with Gasteiger partial charge in [0.2, 0.25) is 12.7 Å². The molecule has 0 bridgehead atoms. The van der Waals surface area contributed by atoms with Crippen LogP contribution in [0.5, 0.6) is 11.5 Å². The SMILES string of the molecule is Cc1ccc(CC(=O)N/N=C\c2cc3c(cc2Br)OCO3)cc1. The van der Waals surface area contributed by atoms with Crippen molar-refractivity contribution in [1.29, 1.82) is 0 Å². The van der Waals surface area contributed by atoms with Crippen molar-refractivity contribution < 1.29 is 14.3 Å². The highest BCUT2D eigenvalue weighted by molar-refractivity contribution is 9.10. The van der Waals surface area contributed by atoms with Crippen LogP contribution in [0.15, 0.2) is 46.0 Å². The Labute approximate surface area is 142 Å². The summed E-state index contributed by atoms with van der Waals surface area (Å²) in [5.74, 6) is 1.19. The summed E-state index contributed by atoms with van der Waals surface area (Å²) in [6, 6.07) is 11.5. The van der Waals surface area contributed by atoms with E-state index in [1.54, 1.807) is 6.21 Å². The van der Waals surface area contributed by atoms with Crippen molar-refractivity contribution in [1.82, 2.24) is 5.43 Å². The summed E-state index contributed by atoms with van der Waals surface area (Å²) in [4.78, 5) is 11.9. The molecule has 0 unspecified atom stereocenters. The number of rotatable bonds is 4. The second-order valence-corrected chi connectivity index (χ2v) is 6.04. The molecule has 23 heavy (non-hydrogen) atoms. The molecular weight excluding hydrogens is 360 g/mol. The van der Waals surface area contributed by atoms with Crippen LogP contribution in [0, 0.1) is 6.92 Å². The molecular formula is C17H15BrN2O3. The van der Waals surface area contributed by atoms with Gasteiger partial charge in [-0.15, -0.1) is 0 Å². The van der Waals surface area contributed by atoms with E-state index in [-0.39, 0.29) is 12.7 Å². The number of hydrogen-bond donors (Lipinski definition) is 1. The number of carbonyl (C=O) groups excluding carboxylic acids is 1. The first kappa shape index (κ1) is 15.6. The Morgan fingerprint density at radius 1 is 1.26 bits per heavy atom. The average Bonchev–Trinajstić information content (AvgIpc) is 2.97. The minimum atomic E-state index is -0.165. The Hall–Kier alpha value is -2.34. The van der Waals surface area contributed by atoms with Gasteiger partial charge in [0.25, 0.3) is 0 Å². The Kier molecular flexibility index (Phi) is 4.62. The van der Waals surface area contributed by atoms with Crippen molar-refractivity contribution in [3.05, 3.63) is 57.6 Å². The Morgan fingerprint density at radius 2 is 1.96 bits per heavy atom. The molecule has 0 aliphatic carbocycles. The average molecular weight is 375 g/mol. The summed E-state index contributed by atoms with van der Waals surface area (Å²) >= 11 is 3.44. The Bertz CT molecular complexity index is 757. The lowest BCUT2D eigenvalue weighted by Gasteiger charge is -2.03. The molecule has 0 fully saturated rings. The maximum Gasteiger partial charge on any atom is 0.244 e. The quantitative estimate of drug-likeness (QED) is 0.660. The van der Waals surface area contributed by atoms with Crippen LogP contribution in [0.3, 0.4) is 0 Å². The third kappa shape index (κ3) is 3.90. The van der Waals surface area contributed by atoms with Gasteiger partial charge in [-0.05, 0) is 40.5 Å². The van der Waals surface area contributed by atoms with Crippen LogP contribution in [-0.2, 0) is 11.2 Å². The predicted molar refractivity (Wildman–Crippen MR) is 90.9 cm³/mol. The number of fused-ring (bicyclic) bond motifs is 1. The van der Waals surface area contributed by atoms with E-state index in [0.717, 1.165) is 15.6 Å². The van der Waals surface area contributed by atoms with Gasteiger partial charge in [0, 0.05) is 10.0 Å². The number of carbonyl (C=O) groups is 1. The summed E-state index contributed by atoms with van der Waals surface area (Å²) in [6.07, 6.45) is 1.86. The lowest BCUT2D eigenvalue weighted by molar-refractivity contribution is -0.120. The highest BCUT2D eigenvalue weighted by atomic mass is 79.9. The summed E-state index contributed by atoms with van der Waals surface area (Å²) in [5.41, 5.74) is 5.44. The molecule has 0 saturated carbocycles. The fourth-order valence-corrected chi connectivity index (χ4v) is 2.56. The van der Waals surface area contributed by atoms with Gasteiger partial charge < -0.3 is 9.47 Å². The molecule has 2 aromatic carbocycles. The van der Waals surface area contributed by atoms with Crippen LogP contribution in [0.25, 0.3) is 0 Å². The van der Waals surface area contributed by atoms with Crippen LogP contribution < -0.4 is 14.9 Å². The number of benzene rings is 2. The molecule has 2 aromatic rings. The van der Waals surface area contributed by atoms with E-state index in [0.29, 0.717) is 17.9 Å². The zero-order valence-electron chi connectivity index (χ0n) is 12.5. The number of hydrazone groups is 1. The molecule has 118 valence electrons. The molecule has 0 aromatic heterocycles. The van der Waals surface area contributed by atoms with Crippen molar-refractivity contribution in [3.8, 4) is 11.5 Å². The first-order valence-corrected chi connectivity index (χ1v) is 7.88. The van der Waals surface area contributed by atoms with E-state index in [1.807, 2.05) is 43.3 Å². The zero-order chi connectivity index (χ0) is 16.2. The maximum atomic E-state index is 11.9. The second kappa shape index (κ2) is 6.83. The molecule has 1 heterocycles. The van der Waals surface area contributed by atoms with E-state index < -0.39 is 0 Å². The molecule has 5 nitrogen and oxygen atoms in total. The molecule has 1 N–H and O–H groups in total. The number of aryl methyl sites for hydroxylation is 1. The number of nitrogens with one attached hydrogen (secondary N) is 1. The maximum absolute atomic E-state index is 11.9. The minimum absolute atomic E-state index is 0.165. The molecule has 3 rings (SSSR count). The molecule has 6 heteroatoms. The minimum Gasteiger partial charge on any atom is -0.454 e. The number of amides is 1. The largest absolute Gasteiger partial charge is 0.454 e. The number of nitrogens with zero attached hydrogens (tertiary/aromatic N) is 1. The third-order valence-electron chi connectivity index (χ3n) is 3.37. The van der Waals surface area contributed by atoms with E-state index >= 15 is 0 Å². The van der Waals surface area contributed by atoms with Gasteiger partial charge in [-0.3, -0.25) is 4.79 Å². The van der Waals surface area contributed by atoms with Gasteiger partial charge in [-0.2, -0.15) is 5.10 Å². The van der Waals surface area contributed by atoms with Crippen LogP contribution in [0.1, 0.15) is 16.7 Å². The molecule has 1 aliphatic rings. The Balaban J connectivity index is 1.60. The highest BCUT2D eigenvalue weighted by Gasteiger charge is 2.15. The predicted octanol–water partition coefficient (Wildman–Crippen LogP) is 3.18. The van der Waals surface area contributed by atoms with E-state index in [4.69, 9.17) is 9.47 Å². The van der Waals surface area contributed by atoms with Crippen LogP contribution in [0.2, 0.25) is 0 Å². The fraction of sp³-hybridized carbons (Fsp3) is 0.176. The first-order valence-electron chi connectivity index (χ1n) is 7.08. The number of ether oxygens (including phenoxy) is 2. The van der Waals surface area contributed by atoms with Crippen molar-refractivity contribution in [2.45, 2.75) is 13.3 Å². The van der Waals surface area contributed by atoms with Gasteiger partial charge in [-0.25, -0.2) is 5.43 Å². The smallest absolute Gasteiger partial charge is 0.244 e. The number of halogens is 1. The van der Waals surface area contributed by atoms with Crippen molar-refractivity contribution in [2.75, 3.05) is 6.79 Å². The fourth-order valence-electron chi connectivity index (χ4n) is 2.14. The summed E-state index contributed by atoms with van der Waals surface area (Å²) in [5, 5.41) is 3.99.